The van der Waals surface area contributed by atoms with Crippen molar-refractivity contribution in [2.75, 3.05) is 20.4 Å². The summed E-state index contributed by atoms with van der Waals surface area (Å²) in [6.07, 6.45) is 2.02. The minimum absolute atomic E-state index is 0.120. The third kappa shape index (κ3) is 2.90. The van der Waals surface area contributed by atoms with E-state index in [1.807, 2.05) is 30.5 Å². The lowest BCUT2D eigenvalue weighted by molar-refractivity contribution is 0.0963. The smallest absolute Gasteiger partial charge is 0.251 e. The summed E-state index contributed by atoms with van der Waals surface area (Å²) in [4.78, 5) is 20.7. The predicted octanol–water partition coefficient (Wildman–Crippen LogP) is 3.32. The topological polar surface area (TPSA) is 67.0 Å². The molecule has 0 fully saturated rings. The van der Waals surface area contributed by atoms with Gasteiger partial charge in [0.15, 0.2) is 0 Å². The number of ether oxygens (including phenoxy) is 1. The molecular formula is C17H17N3O2S. The van der Waals surface area contributed by atoms with Crippen molar-refractivity contribution < 1.29 is 9.53 Å². The van der Waals surface area contributed by atoms with Gasteiger partial charge in [-0.05, 0) is 42.7 Å². The molecule has 118 valence electrons. The van der Waals surface area contributed by atoms with Gasteiger partial charge in [-0.2, -0.15) is 0 Å². The molecule has 5 nitrogen and oxygen atoms in total. The molecule has 0 bridgehead atoms. The summed E-state index contributed by atoms with van der Waals surface area (Å²) in [5.41, 5.74) is 3.11. The average molecular weight is 327 g/mol. The van der Waals surface area contributed by atoms with Crippen molar-refractivity contribution in [1.29, 1.82) is 0 Å². The first-order valence-corrected chi connectivity index (χ1v) is 8.33. The molecule has 2 aromatic carbocycles. The van der Waals surface area contributed by atoms with Crippen LogP contribution in [0.1, 0.15) is 10.4 Å². The van der Waals surface area contributed by atoms with Crippen LogP contribution >= 0.6 is 11.8 Å². The molecule has 0 unspecified atom stereocenters. The molecule has 2 N–H and O–H groups in total. The maximum absolute atomic E-state index is 11.7. The highest BCUT2D eigenvalue weighted by Crippen LogP contribution is 2.32. The Bertz CT molecular complexity index is 873. The third-order valence-corrected chi connectivity index (χ3v) is 4.36. The van der Waals surface area contributed by atoms with Gasteiger partial charge in [0, 0.05) is 17.5 Å². The van der Waals surface area contributed by atoms with Crippen LogP contribution in [0.2, 0.25) is 0 Å². The first kappa shape index (κ1) is 15.4. The highest BCUT2D eigenvalue weighted by atomic mass is 32.2. The van der Waals surface area contributed by atoms with Crippen LogP contribution in [0.25, 0.3) is 22.4 Å². The second-order valence-electron chi connectivity index (χ2n) is 4.96. The Morgan fingerprint density at radius 2 is 2.09 bits per heavy atom. The number of carbonyl (C=O) groups is 1. The van der Waals surface area contributed by atoms with Crippen LogP contribution in [0.3, 0.4) is 0 Å². The van der Waals surface area contributed by atoms with Crippen LogP contribution in [0.15, 0.2) is 41.3 Å². The summed E-state index contributed by atoms with van der Waals surface area (Å²) in [6, 6.07) is 11.4. The van der Waals surface area contributed by atoms with Crippen LogP contribution in [0, 0.1) is 0 Å². The molecule has 3 rings (SSSR count). The predicted molar refractivity (Wildman–Crippen MR) is 93.3 cm³/mol. The van der Waals surface area contributed by atoms with Crippen molar-refractivity contribution in [2.24, 2.45) is 0 Å². The molecule has 0 aliphatic heterocycles. The average Bonchev–Trinajstić information content (AvgIpc) is 3.03. The number of amides is 1. The van der Waals surface area contributed by atoms with E-state index in [0.717, 1.165) is 33.1 Å². The molecule has 23 heavy (non-hydrogen) atoms. The van der Waals surface area contributed by atoms with Gasteiger partial charge in [0.25, 0.3) is 5.91 Å². The summed E-state index contributed by atoms with van der Waals surface area (Å²) >= 11 is 1.66. The van der Waals surface area contributed by atoms with Crippen LogP contribution in [0.5, 0.6) is 5.75 Å². The van der Waals surface area contributed by atoms with Crippen LogP contribution in [-0.4, -0.2) is 36.3 Å². The molecule has 6 heteroatoms. The van der Waals surface area contributed by atoms with Crippen molar-refractivity contribution in [3.63, 3.8) is 0 Å². The number of fused-ring (bicyclic) bond motifs is 1. The van der Waals surface area contributed by atoms with Crippen molar-refractivity contribution in [3.8, 4) is 17.1 Å². The van der Waals surface area contributed by atoms with E-state index in [4.69, 9.17) is 4.74 Å². The van der Waals surface area contributed by atoms with Crippen LogP contribution < -0.4 is 10.1 Å². The Labute approximate surface area is 138 Å². The molecule has 3 aromatic rings. The van der Waals surface area contributed by atoms with Gasteiger partial charge in [0.1, 0.15) is 11.6 Å². The Morgan fingerprint density at radius 3 is 2.78 bits per heavy atom. The van der Waals surface area contributed by atoms with Crippen LogP contribution in [-0.2, 0) is 0 Å². The standard InChI is InChI=1S/C17H17N3O2S/c1-18-17(21)10-4-7-13-14(8-10)20-16(19-13)12-6-5-11(23-3)9-15(12)22-2/h4-9H,1-3H3,(H,18,21)(H,19,20). The molecule has 0 radical (unpaired) electrons. The van der Waals surface area contributed by atoms with Gasteiger partial charge < -0.3 is 15.0 Å². The Morgan fingerprint density at radius 1 is 1.26 bits per heavy atom. The molecule has 1 aromatic heterocycles. The lowest BCUT2D eigenvalue weighted by Gasteiger charge is -2.07. The molecule has 0 aliphatic rings. The summed E-state index contributed by atoms with van der Waals surface area (Å²) < 4.78 is 5.48. The van der Waals surface area contributed by atoms with Crippen molar-refractivity contribution in [2.45, 2.75) is 4.90 Å². The molecule has 0 spiro atoms. The Balaban J connectivity index is 2.08. The number of nitrogens with zero attached hydrogens (tertiary/aromatic N) is 1. The number of rotatable bonds is 4. The second-order valence-corrected chi connectivity index (χ2v) is 5.84. The number of carbonyl (C=O) groups excluding carboxylic acids is 1. The minimum atomic E-state index is -0.120. The summed E-state index contributed by atoms with van der Waals surface area (Å²) in [5, 5.41) is 2.62. The number of imidazole rings is 1. The highest BCUT2D eigenvalue weighted by Gasteiger charge is 2.13. The second kappa shape index (κ2) is 6.34. The number of hydrogen-bond acceptors (Lipinski definition) is 4. The maximum Gasteiger partial charge on any atom is 0.251 e. The summed E-state index contributed by atoms with van der Waals surface area (Å²) in [5.74, 6) is 1.37. The number of hydrogen-bond donors (Lipinski definition) is 2. The lowest BCUT2D eigenvalue weighted by atomic mass is 10.2. The number of aromatic amines is 1. The number of nitrogens with one attached hydrogen (secondary N) is 2. The molecule has 1 heterocycles. The maximum atomic E-state index is 11.7. The monoisotopic (exact) mass is 327 g/mol. The largest absolute Gasteiger partial charge is 0.496 e. The fourth-order valence-corrected chi connectivity index (χ4v) is 2.85. The fourth-order valence-electron chi connectivity index (χ4n) is 2.42. The van der Waals surface area contributed by atoms with E-state index in [-0.39, 0.29) is 5.91 Å². The van der Waals surface area contributed by atoms with Crippen molar-refractivity contribution in [1.82, 2.24) is 15.3 Å². The fraction of sp³-hybridized carbons (Fsp3) is 0.176. The normalized spacial score (nSPS) is 10.7. The Kier molecular flexibility index (Phi) is 4.25. The van der Waals surface area contributed by atoms with E-state index in [1.54, 1.807) is 38.1 Å². The van der Waals surface area contributed by atoms with Gasteiger partial charge in [-0.3, -0.25) is 4.79 Å². The van der Waals surface area contributed by atoms with Crippen molar-refractivity contribution in [3.05, 3.63) is 42.0 Å². The van der Waals surface area contributed by atoms with Gasteiger partial charge in [0.05, 0.1) is 23.7 Å². The minimum Gasteiger partial charge on any atom is -0.496 e. The first-order chi connectivity index (χ1) is 11.2. The zero-order valence-corrected chi connectivity index (χ0v) is 14.0. The van der Waals surface area contributed by atoms with Crippen molar-refractivity contribution >= 4 is 28.7 Å². The van der Waals surface area contributed by atoms with E-state index in [0.29, 0.717) is 5.56 Å². The van der Waals surface area contributed by atoms with Gasteiger partial charge >= 0.3 is 0 Å². The molecule has 0 aliphatic carbocycles. The quantitative estimate of drug-likeness (QED) is 0.721. The number of thioether (sulfide) groups is 1. The van der Waals surface area contributed by atoms with E-state index in [1.165, 1.54) is 0 Å². The van der Waals surface area contributed by atoms with Gasteiger partial charge in [-0.1, -0.05) is 0 Å². The number of benzene rings is 2. The van der Waals surface area contributed by atoms with E-state index >= 15 is 0 Å². The number of H-pyrrole nitrogens is 1. The highest BCUT2D eigenvalue weighted by molar-refractivity contribution is 7.98. The molecule has 1 amide bonds. The summed E-state index contributed by atoms with van der Waals surface area (Å²) in [6.45, 7) is 0. The number of methoxy groups -OCH3 is 1. The molecule has 0 saturated heterocycles. The van der Waals surface area contributed by atoms with E-state index in [2.05, 4.69) is 15.3 Å². The van der Waals surface area contributed by atoms with Crippen LogP contribution in [0.4, 0.5) is 0 Å². The Hall–Kier alpha value is -2.47. The van der Waals surface area contributed by atoms with E-state index in [9.17, 15) is 4.79 Å². The molecule has 0 saturated carbocycles. The van der Waals surface area contributed by atoms with Gasteiger partial charge in [0.2, 0.25) is 0 Å². The zero-order chi connectivity index (χ0) is 16.4. The lowest BCUT2D eigenvalue weighted by Crippen LogP contribution is -2.17. The third-order valence-electron chi connectivity index (χ3n) is 3.63. The van der Waals surface area contributed by atoms with E-state index < -0.39 is 0 Å². The zero-order valence-electron chi connectivity index (χ0n) is 13.1. The number of aromatic nitrogens is 2. The first-order valence-electron chi connectivity index (χ1n) is 7.10. The molecular weight excluding hydrogens is 310 g/mol. The summed E-state index contributed by atoms with van der Waals surface area (Å²) in [7, 11) is 3.26. The van der Waals surface area contributed by atoms with Gasteiger partial charge in [-0.15, -0.1) is 11.8 Å². The SMILES string of the molecule is CNC(=O)c1ccc2nc(-c3ccc(SC)cc3OC)[nH]c2c1. The molecule has 0 atom stereocenters. The van der Waals surface area contributed by atoms with Gasteiger partial charge in [-0.25, -0.2) is 4.98 Å².